The zero-order valence-corrected chi connectivity index (χ0v) is 18.3. The van der Waals surface area contributed by atoms with Crippen LogP contribution in [0.5, 0.6) is 0 Å². The Balaban J connectivity index is 1.47. The summed E-state index contributed by atoms with van der Waals surface area (Å²) in [5.74, 6) is 0.993. The van der Waals surface area contributed by atoms with Gasteiger partial charge in [-0.25, -0.2) is 9.59 Å². The third-order valence-electron chi connectivity index (χ3n) is 5.83. The standard InChI is InChI=1S/C25H34N4O2/c1-2-17-26-24(30)27-18-20-13-15-21(16-14-20)19-28-25(31)29(22-9-5-3-6-10-22)23-11-7-4-8-12-23/h3-12,20-21H,2,13-19H2,1H3,(H,28,31)(H2,26,27,30). The summed E-state index contributed by atoms with van der Waals surface area (Å²) in [5.41, 5.74) is 1.70. The minimum absolute atomic E-state index is 0.0712. The monoisotopic (exact) mass is 422 g/mol. The van der Waals surface area contributed by atoms with Gasteiger partial charge in [-0.3, -0.25) is 4.90 Å². The molecule has 0 heterocycles. The number of rotatable bonds is 8. The van der Waals surface area contributed by atoms with Crippen LogP contribution in [-0.2, 0) is 0 Å². The molecule has 3 N–H and O–H groups in total. The highest BCUT2D eigenvalue weighted by Gasteiger charge is 2.23. The van der Waals surface area contributed by atoms with Gasteiger partial charge < -0.3 is 16.0 Å². The molecule has 0 spiro atoms. The lowest BCUT2D eigenvalue weighted by atomic mass is 9.82. The van der Waals surface area contributed by atoms with E-state index in [2.05, 4.69) is 16.0 Å². The fourth-order valence-electron chi connectivity index (χ4n) is 4.03. The second-order valence-corrected chi connectivity index (χ2v) is 8.22. The Kier molecular flexibility index (Phi) is 8.76. The average Bonchev–Trinajstić information content (AvgIpc) is 2.82. The summed E-state index contributed by atoms with van der Waals surface area (Å²) in [7, 11) is 0. The molecule has 1 aliphatic rings. The van der Waals surface area contributed by atoms with Gasteiger partial charge in [0.25, 0.3) is 0 Å². The molecule has 0 unspecified atom stereocenters. The lowest BCUT2D eigenvalue weighted by molar-refractivity contribution is 0.226. The number of carbonyl (C=O) groups excluding carboxylic acids is 2. The van der Waals surface area contributed by atoms with Crippen LogP contribution in [-0.4, -0.2) is 31.7 Å². The van der Waals surface area contributed by atoms with Gasteiger partial charge in [0.05, 0.1) is 11.4 Å². The van der Waals surface area contributed by atoms with Crippen molar-refractivity contribution in [3.8, 4) is 0 Å². The second kappa shape index (κ2) is 12.0. The summed E-state index contributed by atoms with van der Waals surface area (Å²) in [6.07, 6.45) is 5.24. The summed E-state index contributed by atoms with van der Waals surface area (Å²) in [4.78, 5) is 26.5. The Morgan fingerprint density at radius 2 is 1.26 bits per heavy atom. The number of nitrogens with zero attached hydrogens (tertiary/aromatic N) is 1. The number of carbonyl (C=O) groups is 2. The van der Waals surface area contributed by atoms with Crippen LogP contribution in [0, 0.1) is 11.8 Å². The van der Waals surface area contributed by atoms with Gasteiger partial charge in [-0.2, -0.15) is 0 Å². The van der Waals surface area contributed by atoms with E-state index in [1.165, 1.54) is 0 Å². The summed E-state index contributed by atoms with van der Waals surface area (Å²) < 4.78 is 0. The smallest absolute Gasteiger partial charge is 0.326 e. The van der Waals surface area contributed by atoms with Crippen molar-refractivity contribution in [2.45, 2.75) is 39.0 Å². The van der Waals surface area contributed by atoms with Crippen molar-refractivity contribution >= 4 is 23.4 Å². The maximum absolute atomic E-state index is 13.1. The molecule has 1 aliphatic carbocycles. The van der Waals surface area contributed by atoms with Crippen LogP contribution in [0.4, 0.5) is 21.0 Å². The normalized spacial score (nSPS) is 18.1. The van der Waals surface area contributed by atoms with E-state index in [1.807, 2.05) is 67.6 Å². The van der Waals surface area contributed by atoms with Crippen LogP contribution < -0.4 is 20.9 Å². The lowest BCUT2D eigenvalue weighted by Crippen LogP contribution is -2.41. The molecule has 1 saturated carbocycles. The Hall–Kier alpha value is -3.02. The molecule has 6 nitrogen and oxygen atoms in total. The van der Waals surface area contributed by atoms with Crippen LogP contribution in [0.25, 0.3) is 0 Å². The number of hydrogen-bond donors (Lipinski definition) is 3. The quantitative estimate of drug-likeness (QED) is 0.557. The van der Waals surface area contributed by atoms with Gasteiger partial charge in [0.2, 0.25) is 0 Å². The Morgan fingerprint density at radius 3 is 1.74 bits per heavy atom. The van der Waals surface area contributed by atoms with Crippen molar-refractivity contribution in [1.29, 1.82) is 0 Å². The van der Waals surface area contributed by atoms with Gasteiger partial charge in [0, 0.05) is 19.6 Å². The second-order valence-electron chi connectivity index (χ2n) is 8.22. The maximum atomic E-state index is 13.1. The van der Waals surface area contributed by atoms with E-state index >= 15 is 0 Å². The van der Waals surface area contributed by atoms with Crippen LogP contribution in [0.1, 0.15) is 39.0 Å². The van der Waals surface area contributed by atoms with Crippen LogP contribution in [0.2, 0.25) is 0 Å². The van der Waals surface area contributed by atoms with Gasteiger partial charge in [-0.05, 0) is 68.2 Å². The number of para-hydroxylation sites is 2. The molecule has 0 atom stereocenters. The van der Waals surface area contributed by atoms with Crippen LogP contribution >= 0.6 is 0 Å². The first-order valence-corrected chi connectivity index (χ1v) is 11.4. The van der Waals surface area contributed by atoms with Gasteiger partial charge in [0.1, 0.15) is 0 Å². The van der Waals surface area contributed by atoms with E-state index in [1.54, 1.807) is 4.90 Å². The minimum Gasteiger partial charge on any atom is -0.338 e. The zero-order valence-electron chi connectivity index (χ0n) is 18.3. The number of urea groups is 2. The molecule has 2 aromatic carbocycles. The van der Waals surface area contributed by atoms with E-state index in [0.717, 1.165) is 50.0 Å². The maximum Gasteiger partial charge on any atom is 0.326 e. The Morgan fingerprint density at radius 1 is 0.774 bits per heavy atom. The molecular formula is C25H34N4O2. The fraction of sp³-hybridized carbons (Fsp3) is 0.440. The Labute approximate surface area is 185 Å². The van der Waals surface area contributed by atoms with E-state index in [-0.39, 0.29) is 12.1 Å². The van der Waals surface area contributed by atoms with Gasteiger partial charge in [-0.15, -0.1) is 0 Å². The first-order valence-electron chi connectivity index (χ1n) is 11.4. The molecular weight excluding hydrogens is 388 g/mol. The zero-order chi connectivity index (χ0) is 21.9. The van der Waals surface area contributed by atoms with Crippen molar-refractivity contribution in [2.24, 2.45) is 11.8 Å². The molecule has 0 bridgehead atoms. The molecule has 166 valence electrons. The van der Waals surface area contributed by atoms with Crippen molar-refractivity contribution in [3.05, 3.63) is 60.7 Å². The van der Waals surface area contributed by atoms with Crippen molar-refractivity contribution in [1.82, 2.24) is 16.0 Å². The van der Waals surface area contributed by atoms with Crippen molar-refractivity contribution in [3.63, 3.8) is 0 Å². The highest BCUT2D eigenvalue weighted by Crippen LogP contribution is 2.29. The number of nitrogens with one attached hydrogen (secondary N) is 3. The van der Waals surface area contributed by atoms with E-state index < -0.39 is 0 Å². The van der Waals surface area contributed by atoms with Crippen molar-refractivity contribution in [2.75, 3.05) is 24.5 Å². The third kappa shape index (κ3) is 7.02. The predicted octanol–water partition coefficient (Wildman–Crippen LogP) is 5.05. The van der Waals surface area contributed by atoms with Gasteiger partial charge in [-0.1, -0.05) is 43.3 Å². The molecule has 1 fully saturated rings. The molecule has 4 amide bonds. The highest BCUT2D eigenvalue weighted by atomic mass is 16.2. The number of amides is 4. The van der Waals surface area contributed by atoms with Crippen molar-refractivity contribution < 1.29 is 9.59 Å². The highest BCUT2D eigenvalue weighted by molar-refractivity contribution is 5.99. The van der Waals surface area contributed by atoms with E-state index in [9.17, 15) is 9.59 Å². The Bertz CT molecular complexity index is 765. The molecule has 0 aliphatic heterocycles. The number of benzene rings is 2. The summed E-state index contributed by atoms with van der Waals surface area (Å²) in [6.45, 7) is 4.15. The molecule has 0 saturated heterocycles. The first kappa shape index (κ1) is 22.7. The fourth-order valence-corrected chi connectivity index (χ4v) is 4.03. The van der Waals surface area contributed by atoms with Gasteiger partial charge in [0.15, 0.2) is 0 Å². The molecule has 3 rings (SSSR count). The molecule has 6 heteroatoms. The van der Waals surface area contributed by atoms with E-state index in [4.69, 9.17) is 0 Å². The van der Waals surface area contributed by atoms with Gasteiger partial charge >= 0.3 is 12.1 Å². The molecule has 31 heavy (non-hydrogen) atoms. The average molecular weight is 423 g/mol. The summed E-state index contributed by atoms with van der Waals surface area (Å²) in [5, 5.41) is 8.97. The van der Waals surface area contributed by atoms with E-state index in [0.29, 0.717) is 24.9 Å². The summed E-state index contributed by atoms with van der Waals surface area (Å²) >= 11 is 0. The SMILES string of the molecule is CCCNC(=O)NCC1CCC(CNC(=O)N(c2ccccc2)c2ccccc2)CC1. The number of anilines is 2. The predicted molar refractivity (Wildman–Crippen MR) is 126 cm³/mol. The minimum atomic E-state index is -0.103. The molecule has 2 aromatic rings. The lowest BCUT2D eigenvalue weighted by Gasteiger charge is -2.30. The van der Waals surface area contributed by atoms with Crippen LogP contribution in [0.3, 0.4) is 0 Å². The van der Waals surface area contributed by atoms with Crippen LogP contribution in [0.15, 0.2) is 60.7 Å². The largest absolute Gasteiger partial charge is 0.338 e. The molecule has 0 radical (unpaired) electrons. The third-order valence-corrected chi connectivity index (χ3v) is 5.83. The number of hydrogen-bond acceptors (Lipinski definition) is 2. The first-order chi connectivity index (χ1) is 15.2. The summed E-state index contributed by atoms with van der Waals surface area (Å²) in [6, 6.07) is 19.3. The molecule has 0 aromatic heterocycles. The topological polar surface area (TPSA) is 73.5 Å².